The first-order valence-electron chi connectivity index (χ1n) is 11.2. The summed E-state index contributed by atoms with van der Waals surface area (Å²) in [7, 11) is 0. The maximum atomic E-state index is 13.6. The van der Waals surface area contributed by atoms with Crippen molar-refractivity contribution in [3.8, 4) is 11.3 Å². The Balaban J connectivity index is 1.51. The van der Waals surface area contributed by atoms with Gasteiger partial charge in [0.05, 0.1) is 36.3 Å². The molecule has 0 saturated carbocycles. The van der Waals surface area contributed by atoms with Gasteiger partial charge >= 0.3 is 0 Å². The van der Waals surface area contributed by atoms with Crippen LogP contribution in [0.4, 0.5) is 10.3 Å². The number of hydrogen-bond donors (Lipinski definition) is 0. The van der Waals surface area contributed by atoms with Crippen LogP contribution in [0.3, 0.4) is 0 Å². The maximum absolute atomic E-state index is 13.6. The van der Waals surface area contributed by atoms with Crippen LogP contribution in [-0.4, -0.2) is 61.5 Å². The summed E-state index contributed by atoms with van der Waals surface area (Å²) in [5, 5.41) is 6.25. The Bertz CT molecular complexity index is 1060. The molecule has 4 heterocycles. The third-order valence-corrected chi connectivity index (χ3v) is 6.86. The minimum Gasteiger partial charge on any atom is -0.378 e. The van der Waals surface area contributed by atoms with Gasteiger partial charge in [-0.1, -0.05) is 11.2 Å². The van der Waals surface area contributed by atoms with Crippen molar-refractivity contribution in [3.63, 3.8) is 0 Å². The first kappa shape index (κ1) is 22.1. The van der Waals surface area contributed by atoms with Crippen molar-refractivity contribution in [1.29, 1.82) is 0 Å². The van der Waals surface area contributed by atoms with Crippen molar-refractivity contribution in [3.05, 3.63) is 58.0 Å². The second-order valence-corrected chi connectivity index (χ2v) is 9.17. The van der Waals surface area contributed by atoms with Gasteiger partial charge in [-0.05, 0) is 48.6 Å². The van der Waals surface area contributed by atoms with Gasteiger partial charge in [0.1, 0.15) is 11.5 Å². The molecule has 2 saturated heterocycles. The number of carbonyl (C=O) groups is 1. The zero-order chi connectivity index (χ0) is 22.6. The number of morpholine rings is 1. The summed E-state index contributed by atoms with van der Waals surface area (Å²) in [5.74, 6) is 0.277. The predicted octanol–water partition coefficient (Wildman–Crippen LogP) is 4.20. The molecule has 0 radical (unpaired) electrons. The van der Waals surface area contributed by atoms with Gasteiger partial charge in [0.15, 0.2) is 0 Å². The highest BCUT2D eigenvalue weighted by atomic mass is 32.1. The fourth-order valence-electron chi connectivity index (χ4n) is 4.29. The van der Waals surface area contributed by atoms with Crippen LogP contribution in [0.1, 0.15) is 28.1 Å². The fourth-order valence-corrected chi connectivity index (χ4v) is 4.98. The lowest BCUT2D eigenvalue weighted by Crippen LogP contribution is -2.39. The second-order valence-electron chi connectivity index (χ2n) is 8.22. The number of anilines is 1. The molecule has 0 spiro atoms. The Morgan fingerprint density at radius 2 is 2.00 bits per heavy atom. The molecule has 3 aromatic rings. The van der Waals surface area contributed by atoms with Gasteiger partial charge in [-0.3, -0.25) is 4.79 Å². The van der Waals surface area contributed by atoms with E-state index in [0.717, 1.165) is 30.6 Å². The van der Waals surface area contributed by atoms with Crippen LogP contribution >= 0.6 is 11.3 Å². The van der Waals surface area contributed by atoms with Gasteiger partial charge in [0, 0.05) is 31.8 Å². The van der Waals surface area contributed by atoms with Crippen LogP contribution in [0.5, 0.6) is 0 Å². The highest BCUT2D eigenvalue weighted by Gasteiger charge is 2.30. The van der Waals surface area contributed by atoms with Gasteiger partial charge in [-0.2, -0.15) is 0 Å². The largest absolute Gasteiger partial charge is 0.378 e. The molecule has 1 amide bonds. The summed E-state index contributed by atoms with van der Waals surface area (Å²) >= 11 is 1.42. The Morgan fingerprint density at radius 3 is 2.70 bits per heavy atom. The SMILES string of the molecule is O=C(c1cccs1)N(Cc1c(-c2ccc(F)cc2)noc1N1CCOCC1)C[C@@H]1CCCO1. The van der Waals surface area contributed by atoms with E-state index in [-0.39, 0.29) is 17.8 Å². The number of carbonyl (C=O) groups excluding carboxylic acids is 1. The van der Waals surface area contributed by atoms with E-state index in [0.29, 0.717) is 55.8 Å². The average molecular weight is 472 g/mol. The lowest BCUT2D eigenvalue weighted by Gasteiger charge is -2.29. The molecule has 9 heteroatoms. The number of hydrogen-bond acceptors (Lipinski definition) is 7. The summed E-state index contributed by atoms with van der Waals surface area (Å²) in [6, 6.07) is 9.90. The van der Waals surface area contributed by atoms with E-state index in [2.05, 4.69) is 10.1 Å². The molecule has 174 valence electrons. The molecule has 1 atom stereocenters. The fraction of sp³-hybridized carbons (Fsp3) is 0.417. The van der Waals surface area contributed by atoms with Crippen molar-refractivity contribution < 1.29 is 23.2 Å². The number of benzene rings is 1. The number of amides is 1. The van der Waals surface area contributed by atoms with E-state index < -0.39 is 0 Å². The van der Waals surface area contributed by atoms with Crippen molar-refractivity contribution in [1.82, 2.24) is 10.1 Å². The van der Waals surface area contributed by atoms with Gasteiger partial charge in [0.2, 0.25) is 5.88 Å². The standard InChI is InChI=1S/C24H26FN3O4S/c25-18-7-5-17(6-8-18)22-20(24(32-26-22)27-9-12-30-13-10-27)16-28(15-19-3-1-11-31-19)23(29)21-4-2-14-33-21/h2,4-8,14,19H,1,3,9-13,15-16H2/t19-/m0/s1. The number of rotatable bonds is 7. The minimum atomic E-state index is -0.315. The average Bonchev–Trinajstić information content (AvgIpc) is 3.62. The molecule has 33 heavy (non-hydrogen) atoms. The summed E-state index contributed by atoms with van der Waals surface area (Å²) < 4.78 is 30.7. The van der Waals surface area contributed by atoms with Crippen molar-refractivity contribution in [2.24, 2.45) is 0 Å². The number of thiophene rings is 1. The summed E-state index contributed by atoms with van der Waals surface area (Å²) in [5.41, 5.74) is 2.18. The molecule has 2 aromatic heterocycles. The lowest BCUT2D eigenvalue weighted by atomic mass is 10.1. The van der Waals surface area contributed by atoms with Gasteiger partial charge in [-0.25, -0.2) is 4.39 Å². The normalized spacial score (nSPS) is 18.6. The Labute approximate surface area is 195 Å². The Kier molecular flexibility index (Phi) is 6.70. The highest BCUT2D eigenvalue weighted by Crippen LogP contribution is 2.34. The summed E-state index contributed by atoms with van der Waals surface area (Å²) in [6.45, 7) is 4.08. The van der Waals surface area contributed by atoms with Gasteiger partial charge in [-0.15, -0.1) is 11.3 Å². The first-order chi connectivity index (χ1) is 16.2. The molecule has 2 aliphatic rings. The minimum absolute atomic E-state index is 0.00915. The highest BCUT2D eigenvalue weighted by molar-refractivity contribution is 7.12. The quantitative estimate of drug-likeness (QED) is 0.515. The van der Waals surface area contributed by atoms with E-state index in [9.17, 15) is 9.18 Å². The van der Waals surface area contributed by atoms with Crippen LogP contribution in [0.2, 0.25) is 0 Å². The summed E-state index contributed by atoms with van der Waals surface area (Å²) in [4.78, 5) is 18.0. The van der Waals surface area contributed by atoms with Crippen LogP contribution in [0, 0.1) is 5.82 Å². The molecular weight excluding hydrogens is 445 g/mol. The zero-order valence-electron chi connectivity index (χ0n) is 18.2. The molecule has 1 aromatic carbocycles. The van der Waals surface area contributed by atoms with E-state index in [1.54, 1.807) is 12.1 Å². The monoisotopic (exact) mass is 471 g/mol. The third kappa shape index (κ3) is 4.95. The van der Waals surface area contributed by atoms with Crippen LogP contribution in [-0.2, 0) is 16.0 Å². The number of nitrogens with zero attached hydrogens (tertiary/aromatic N) is 3. The summed E-state index contributed by atoms with van der Waals surface area (Å²) in [6.07, 6.45) is 1.94. The molecule has 0 aliphatic carbocycles. The molecule has 0 unspecified atom stereocenters. The number of aromatic nitrogens is 1. The van der Waals surface area contributed by atoms with Crippen LogP contribution in [0.15, 0.2) is 46.3 Å². The Hall–Kier alpha value is -2.75. The smallest absolute Gasteiger partial charge is 0.264 e. The van der Waals surface area contributed by atoms with Gasteiger partial charge < -0.3 is 23.8 Å². The predicted molar refractivity (Wildman–Crippen MR) is 123 cm³/mol. The first-order valence-corrected chi connectivity index (χ1v) is 12.1. The third-order valence-electron chi connectivity index (χ3n) is 6.00. The van der Waals surface area contributed by atoms with E-state index in [4.69, 9.17) is 14.0 Å². The van der Waals surface area contributed by atoms with Crippen molar-refractivity contribution in [2.45, 2.75) is 25.5 Å². The Morgan fingerprint density at radius 1 is 1.18 bits per heavy atom. The van der Waals surface area contributed by atoms with Gasteiger partial charge in [0.25, 0.3) is 5.91 Å². The molecule has 5 rings (SSSR count). The molecule has 0 bridgehead atoms. The van der Waals surface area contributed by atoms with Crippen molar-refractivity contribution in [2.75, 3.05) is 44.4 Å². The molecular formula is C24H26FN3O4S. The van der Waals surface area contributed by atoms with E-state index in [1.807, 2.05) is 22.4 Å². The van der Waals surface area contributed by atoms with Crippen LogP contribution in [0.25, 0.3) is 11.3 Å². The second kappa shape index (κ2) is 10.0. The van der Waals surface area contributed by atoms with E-state index in [1.165, 1.54) is 23.5 Å². The lowest BCUT2D eigenvalue weighted by molar-refractivity contribution is 0.0511. The molecule has 2 aliphatic heterocycles. The topological polar surface area (TPSA) is 68.0 Å². The van der Waals surface area contributed by atoms with Crippen LogP contribution < -0.4 is 4.90 Å². The molecule has 2 fully saturated rings. The molecule has 7 nitrogen and oxygen atoms in total. The number of ether oxygens (including phenoxy) is 2. The van der Waals surface area contributed by atoms with E-state index >= 15 is 0 Å². The number of halogens is 1. The molecule has 0 N–H and O–H groups in total. The zero-order valence-corrected chi connectivity index (χ0v) is 19.1. The van der Waals surface area contributed by atoms with Crippen molar-refractivity contribution >= 4 is 23.1 Å². The maximum Gasteiger partial charge on any atom is 0.264 e.